The van der Waals surface area contributed by atoms with Crippen molar-refractivity contribution in [3.8, 4) is 6.07 Å². The molecule has 0 amide bonds. The third-order valence-electron chi connectivity index (χ3n) is 3.16. The predicted octanol–water partition coefficient (Wildman–Crippen LogP) is 1.33. The van der Waals surface area contributed by atoms with E-state index >= 15 is 0 Å². The average molecular weight is 215 g/mol. The van der Waals surface area contributed by atoms with Crippen LogP contribution in [0.1, 0.15) is 17.9 Å². The third kappa shape index (κ3) is 2.60. The van der Waals surface area contributed by atoms with Gasteiger partial charge in [0.15, 0.2) is 0 Å². The van der Waals surface area contributed by atoms with E-state index in [0.29, 0.717) is 12.5 Å². The van der Waals surface area contributed by atoms with Crippen molar-refractivity contribution in [1.82, 2.24) is 4.90 Å². The molecule has 1 saturated heterocycles. The zero-order valence-electron chi connectivity index (χ0n) is 9.34. The quantitative estimate of drug-likeness (QED) is 0.827. The van der Waals surface area contributed by atoms with Gasteiger partial charge in [-0.2, -0.15) is 5.26 Å². The number of nitrogens with two attached hydrogens (primary N) is 1. The Labute approximate surface area is 96.5 Å². The molecule has 84 valence electrons. The molecule has 1 heterocycles. The van der Waals surface area contributed by atoms with Crippen LogP contribution in [-0.2, 0) is 0 Å². The number of likely N-dealkylation sites (tertiary alicyclic amines) is 1. The zero-order valence-corrected chi connectivity index (χ0v) is 9.34. The molecule has 0 aliphatic carbocycles. The Balaban J connectivity index is 1.92. The maximum absolute atomic E-state index is 8.68. The fourth-order valence-corrected chi connectivity index (χ4v) is 2.31. The SMILES string of the molecule is N#CC(N)CN1CCC(c2ccccc2)C1. The van der Waals surface area contributed by atoms with Crippen molar-refractivity contribution in [2.75, 3.05) is 19.6 Å². The Morgan fingerprint density at radius 2 is 2.19 bits per heavy atom. The first-order valence-corrected chi connectivity index (χ1v) is 5.72. The van der Waals surface area contributed by atoms with Gasteiger partial charge in [-0.05, 0) is 24.4 Å². The maximum Gasteiger partial charge on any atom is 0.106 e. The number of hydrogen-bond donors (Lipinski definition) is 1. The molecule has 2 atom stereocenters. The lowest BCUT2D eigenvalue weighted by molar-refractivity contribution is 0.328. The summed E-state index contributed by atoms with van der Waals surface area (Å²) < 4.78 is 0. The van der Waals surface area contributed by atoms with Crippen molar-refractivity contribution < 1.29 is 0 Å². The van der Waals surface area contributed by atoms with E-state index in [-0.39, 0.29) is 6.04 Å². The first-order chi connectivity index (χ1) is 7.79. The van der Waals surface area contributed by atoms with Crippen molar-refractivity contribution in [3.63, 3.8) is 0 Å². The van der Waals surface area contributed by atoms with Crippen LogP contribution in [0.25, 0.3) is 0 Å². The Bertz CT molecular complexity index is 369. The molecule has 0 bridgehead atoms. The molecule has 1 aromatic carbocycles. The van der Waals surface area contributed by atoms with Crippen LogP contribution in [0.3, 0.4) is 0 Å². The van der Waals surface area contributed by atoms with Crippen LogP contribution in [0.15, 0.2) is 30.3 Å². The zero-order chi connectivity index (χ0) is 11.4. The third-order valence-corrected chi connectivity index (χ3v) is 3.16. The standard InChI is InChI=1S/C13H17N3/c14-8-13(15)10-16-7-6-12(9-16)11-4-2-1-3-5-11/h1-5,12-13H,6-7,9-10,15H2. The molecule has 0 spiro atoms. The molecule has 3 heteroatoms. The van der Waals surface area contributed by atoms with Gasteiger partial charge in [-0.25, -0.2) is 0 Å². The van der Waals surface area contributed by atoms with Crippen LogP contribution < -0.4 is 5.73 Å². The Kier molecular flexibility index (Phi) is 3.55. The normalized spacial score (nSPS) is 22.9. The van der Waals surface area contributed by atoms with Gasteiger partial charge in [-0.15, -0.1) is 0 Å². The highest BCUT2D eigenvalue weighted by Gasteiger charge is 2.24. The highest BCUT2D eigenvalue weighted by Crippen LogP contribution is 2.26. The average Bonchev–Trinajstić information content (AvgIpc) is 2.78. The molecule has 1 fully saturated rings. The minimum atomic E-state index is -0.352. The molecular formula is C13H17N3. The fraction of sp³-hybridized carbons (Fsp3) is 0.462. The highest BCUT2D eigenvalue weighted by atomic mass is 15.2. The molecule has 2 rings (SSSR count). The minimum absolute atomic E-state index is 0.352. The van der Waals surface area contributed by atoms with Crippen molar-refractivity contribution in [1.29, 1.82) is 5.26 Å². The Morgan fingerprint density at radius 3 is 2.88 bits per heavy atom. The number of nitrogens with zero attached hydrogens (tertiary/aromatic N) is 2. The largest absolute Gasteiger partial charge is 0.315 e. The molecule has 2 N–H and O–H groups in total. The van der Waals surface area contributed by atoms with Gasteiger partial charge in [-0.3, -0.25) is 0 Å². The Morgan fingerprint density at radius 1 is 1.44 bits per heavy atom. The lowest BCUT2D eigenvalue weighted by atomic mass is 9.99. The van der Waals surface area contributed by atoms with Crippen LogP contribution >= 0.6 is 0 Å². The van der Waals surface area contributed by atoms with E-state index in [1.54, 1.807) is 0 Å². The second-order valence-corrected chi connectivity index (χ2v) is 4.39. The summed E-state index contributed by atoms with van der Waals surface area (Å²) in [6, 6.07) is 12.3. The molecule has 1 aliphatic heterocycles. The first kappa shape index (κ1) is 11.1. The molecule has 1 aromatic rings. The summed E-state index contributed by atoms with van der Waals surface area (Å²) >= 11 is 0. The number of hydrogen-bond acceptors (Lipinski definition) is 3. The monoisotopic (exact) mass is 215 g/mol. The highest BCUT2D eigenvalue weighted by molar-refractivity contribution is 5.21. The smallest absolute Gasteiger partial charge is 0.106 e. The summed E-state index contributed by atoms with van der Waals surface area (Å²) in [5.74, 6) is 0.604. The van der Waals surface area contributed by atoms with Gasteiger partial charge in [0.25, 0.3) is 0 Å². The summed E-state index contributed by atoms with van der Waals surface area (Å²) in [5.41, 5.74) is 7.03. The minimum Gasteiger partial charge on any atom is -0.315 e. The van der Waals surface area contributed by atoms with E-state index < -0.39 is 0 Å². The lowest BCUT2D eigenvalue weighted by Crippen LogP contribution is -2.35. The molecule has 3 nitrogen and oxygen atoms in total. The molecule has 0 saturated carbocycles. The predicted molar refractivity (Wildman–Crippen MR) is 63.8 cm³/mol. The summed E-state index contributed by atoms with van der Waals surface area (Å²) in [4.78, 5) is 2.28. The Hall–Kier alpha value is -1.37. The van der Waals surface area contributed by atoms with Gasteiger partial charge in [0.1, 0.15) is 6.04 Å². The van der Waals surface area contributed by atoms with Crippen LogP contribution in [-0.4, -0.2) is 30.6 Å². The van der Waals surface area contributed by atoms with E-state index in [9.17, 15) is 0 Å². The second kappa shape index (κ2) is 5.11. The van der Waals surface area contributed by atoms with Crippen LogP contribution in [0.2, 0.25) is 0 Å². The van der Waals surface area contributed by atoms with E-state index in [2.05, 4.69) is 35.2 Å². The van der Waals surface area contributed by atoms with Crippen molar-refractivity contribution in [2.45, 2.75) is 18.4 Å². The van der Waals surface area contributed by atoms with E-state index in [0.717, 1.165) is 13.1 Å². The summed E-state index contributed by atoms with van der Waals surface area (Å²) in [5, 5.41) is 8.68. The number of nitriles is 1. The molecule has 2 unspecified atom stereocenters. The van der Waals surface area contributed by atoms with Crippen molar-refractivity contribution in [2.24, 2.45) is 5.73 Å². The summed E-state index contributed by atoms with van der Waals surface area (Å²) in [6.45, 7) is 2.77. The van der Waals surface area contributed by atoms with Gasteiger partial charge >= 0.3 is 0 Å². The molecule has 1 aliphatic rings. The van der Waals surface area contributed by atoms with E-state index in [4.69, 9.17) is 11.0 Å². The fourth-order valence-electron chi connectivity index (χ4n) is 2.31. The molecule has 0 aromatic heterocycles. The molecular weight excluding hydrogens is 198 g/mol. The molecule has 0 radical (unpaired) electrons. The summed E-state index contributed by atoms with van der Waals surface area (Å²) in [6.07, 6.45) is 1.17. The number of rotatable bonds is 3. The lowest BCUT2D eigenvalue weighted by Gasteiger charge is -2.16. The van der Waals surface area contributed by atoms with Gasteiger partial charge < -0.3 is 10.6 Å². The van der Waals surface area contributed by atoms with Gasteiger partial charge in [0.2, 0.25) is 0 Å². The van der Waals surface area contributed by atoms with Crippen LogP contribution in [0.5, 0.6) is 0 Å². The number of benzene rings is 1. The topological polar surface area (TPSA) is 53.1 Å². The van der Waals surface area contributed by atoms with E-state index in [1.807, 2.05) is 6.07 Å². The second-order valence-electron chi connectivity index (χ2n) is 4.39. The van der Waals surface area contributed by atoms with Gasteiger partial charge in [0, 0.05) is 13.1 Å². The van der Waals surface area contributed by atoms with Crippen molar-refractivity contribution in [3.05, 3.63) is 35.9 Å². The van der Waals surface area contributed by atoms with Gasteiger partial charge in [-0.1, -0.05) is 30.3 Å². The van der Waals surface area contributed by atoms with Crippen LogP contribution in [0, 0.1) is 11.3 Å². The first-order valence-electron chi connectivity index (χ1n) is 5.72. The maximum atomic E-state index is 8.68. The van der Waals surface area contributed by atoms with Crippen LogP contribution in [0.4, 0.5) is 0 Å². The van der Waals surface area contributed by atoms with E-state index in [1.165, 1.54) is 12.0 Å². The van der Waals surface area contributed by atoms with Gasteiger partial charge in [0.05, 0.1) is 6.07 Å². The van der Waals surface area contributed by atoms with Crippen molar-refractivity contribution >= 4 is 0 Å². The summed E-state index contributed by atoms with van der Waals surface area (Å²) in [7, 11) is 0. The molecule has 16 heavy (non-hydrogen) atoms.